The number of imidazole rings is 1. The van der Waals surface area contributed by atoms with Crippen LogP contribution in [0.5, 0.6) is 0 Å². The van der Waals surface area contributed by atoms with Crippen LogP contribution in [0.2, 0.25) is 0 Å². The van der Waals surface area contributed by atoms with Crippen molar-refractivity contribution in [2.45, 2.75) is 13.3 Å². The third-order valence-corrected chi connectivity index (χ3v) is 7.41. The molecule has 2 amide bonds. The lowest BCUT2D eigenvalue weighted by atomic mass is 10.1. The lowest BCUT2D eigenvalue weighted by Gasteiger charge is -2.13. The molecule has 1 aliphatic heterocycles. The molecule has 33 heavy (non-hydrogen) atoms. The summed E-state index contributed by atoms with van der Waals surface area (Å²) in [6.45, 7) is 6.17. The smallest absolute Gasteiger partial charge is 0.251 e. The maximum atomic E-state index is 12.7. The maximum Gasteiger partial charge on any atom is 0.251 e. The monoisotopic (exact) mass is 461 g/mol. The fourth-order valence-corrected chi connectivity index (χ4v) is 5.47. The van der Waals surface area contributed by atoms with Gasteiger partial charge in [0.1, 0.15) is 0 Å². The van der Waals surface area contributed by atoms with Gasteiger partial charge in [-0.1, -0.05) is 30.4 Å². The van der Waals surface area contributed by atoms with Crippen LogP contribution in [-0.4, -0.2) is 59.3 Å². The second-order valence-electron chi connectivity index (χ2n) is 8.48. The van der Waals surface area contributed by atoms with Crippen molar-refractivity contribution in [1.82, 2.24) is 24.9 Å². The van der Waals surface area contributed by atoms with Gasteiger partial charge in [0.05, 0.1) is 15.9 Å². The highest BCUT2D eigenvalue weighted by Gasteiger charge is 2.22. The molecule has 4 aromatic rings. The third-order valence-electron chi connectivity index (χ3n) is 6.39. The predicted molar refractivity (Wildman–Crippen MR) is 132 cm³/mol. The molecule has 1 fully saturated rings. The number of likely N-dealkylation sites (tertiary alicyclic amines) is 1. The molecule has 0 spiro atoms. The van der Waals surface area contributed by atoms with E-state index < -0.39 is 0 Å². The van der Waals surface area contributed by atoms with Crippen LogP contribution in [-0.2, 0) is 0 Å². The van der Waals surface area contributed by atoms with Crippen LogP contribution < -0.4 is 10.6 Å². The number of carbonyl (C=O) groups is 2. The van der Waals surface area contributed by atoms with Gasteiger partial charge in [0, 0.05) is 43.0 Å². The summed E-state index contributed by atoms with van der Waals surface area (Å²) >= 11 is 1.57. The Labute approximate surface area is 196 Å². The molecule has 7 nitrogen and oxygen atoms in total. The van der Waals surface area contributed by atoms with E-state index in [9.17, 15) is 9.59 Å². The number of aromatic nitrogens is 2. The van der Waals surface area contributed by atoms with E-state index in [4.69, 9.17) is 4.98 Å². The van der Waals surface area contributed by atoms with Crippen LogP contribution in [0.1, 0.15) is 34.1 Å². The van der Waals surface area contributed by atoms with Gasteiger partial charge in [-0.05, 0) is 55.8 Å². The highest BCUT2D eigenvalue weighted by molar-refractivity contribution is 7.23. The molecule has 0 radical (unpaired) electrons. The molecule has 1 unspecified atom stereocenters. The van der Waals surface area contributed by atoms with Crippen LogP contribution in [0.15, 0.2) is 48.7 Å². The van der Waals surface area contributed by atoms with Gasteiger partial charge in [0.25, 0.3) is 11.8 Å². The number of thiazole rings is 1. The van der Waals surface area contributed by atoms with Crippen molar-refractivity contribution >= 4 is 38.3 Å². The van der Waals surface area contributed by atoms with E-state index in [0.29, 0.717) is 17.0 Å². The molecule has 1 aliphatic rings. The fraction of sp³-hybridized carbons (Fsp3) is 0.320. The summed E-state index contributed by atoms with van der Waals surface area (Å²) in [5.74, 6) is 0.408. The van der Waals surface area contributed by atoms with Gasteiger partial charge >= 0.3 is 0 Å². The Hall–Kier alpha value is -3.23. The van der Waals surface area contributed by atoms with Crippen LogP contribution in [0.25, 0.3) is 26.4 Å². The molecule has 0 bridgehead atoms. The number of benzene rings is 2. The molecule has 3 heterocycles. The van der Waals surface area contributed by atoms with Crippen molar-refractivity contribution in [2.24, 2.45) is 5.92 Å². The molecule has 0 saturated carbocycles. The topological polar surface area (TPSA) is 78.7 Å². The van der Waals surface area contributed by atoms with Gasteiger partial charge in [-0.25, -0.2) is 4.98 Å². The molecular weight excluding hydrogens is 434 g/mol. The summed E-state index contributed by atoms with van der Waals surface area (Å²) in [6.07, 6.45) is 3.15. The quantitative estimate of drug-likeness (QED) is 0.460. The van der Waals surface area contributed by atoms with Crippen LogP contribution >= 0.6 is 11.3 Å². The van der Waals surface area contributed by atoms with Crippen LogP contribution in [0, 0.1) is 5.92 Å². The molecule has 8 heteroatoms. The molecule has 5 rings (SSSR count). The number of hydrogen-bond donors (Lipinski definition) is 2. The Bertz CT molecular complexity index is 1320. The van der Waals surface area contributed by atoms with Gasteiger partial charge in [-0.2, -0.15) is 0 Å². The minimum Gasteiger partial charge on any atom is -0.355 e. The zero-order valence-corrected chi connectivity index (χ0v) is 19.6. The van der Waals surface area contributed by atoms with E-state index in [2.05, 4.69) is 26.9 Å². The van der Waals surface area contributed by atoms with E-state index >= 15 is 0 Å². The van der Waals surface area contributed by atoms with E-state index in [1.807, 2.05) is 36.5 Å². The highest BCUT2D eigenvalue weighted by Crippen LogP contribution is 2.30. The van der Waals surface area contributed by atoms with Crippen LogP contribution in [0.4, 0.5) is 0 Å². The summed E-state index contributed by atoms with van der Waals surface area (Å²) in [4.78, 5) is 32.5. The van der Waals surface area contributed by atoms with Gasteiger partial charge < -0.3 is 15.5 Å². The molecule has 2 aromatic heterocycles. The Morgan fingerprint density at radius 3 is 2.64 bits per heavy atom. The first-order valence-corrected chi connectivity index (χ1v) is 12.1. The lowest BCUT2D eigenvalue weighted by molar-refractivity contribution is 0.0944. The van der Waals surface area contributed by atoms with E-state index in [0.717, 1.165) is 59.0 Å². The number of carbonyl (C=O) groups excluding carboxylic acids is 2. The summed E-state index contributed by atoms with van der Waals surface area (Å²) in [7, 11) is 1.62. The van der Waals surface area contributed by atoms with Crippen molar-refractivity contribution in [3.05, 3.63) is 59.8 Å². The maximum absolute atomic E-state index is 12.7. The molecule has 2 aromatic carbocycles. The van der Waals surface area contributed by atoms with E-state index in [-0.39, 0.29) is 11.8 Å². The van der Waals surface area contributed by atoms with Crippen LogP contribution in [0.3, 0.4) is 0 Å². The minimum atomic E-state index is -0.107. The van der Waals surface area contributed by atoms with Gasteiger partial charge in [0.2, 0.25) is 0 Å². The molecular formula is C25H27N5O2S. The second-order valence-corrected chi connectivity index (χ2v) is 9.49. The first-order valence-electron chi connectivity index (χ1n) is 11.3. The second kappa shape index (κ2) is 8.96. The molecule has 1 saturated heterocycles. The largest absolute Gasteiger partial charge is 0.355 e. The Balaban J connectivity index is 1.32. The predicted octanol–water partition coefficient (Wildman–Crippen LogP) is 3.65. The fourth-order valence-electron chi connectivity index (χ4n) is 4.42. The average Bonchev–Trinajstić information content (AvgIpc) is 3.56. The summed E-state index contributed by atoms with van der Waals surface area (Å²) < 4.78 is 3.09. The van der Waals surface area contributed by atoms with Gasteiger partial charge in [0.15, 0.2) is 4.96 Å². The third kappa shape index (κ3) is 4.24. The number of fused-ring (bicyclic) bond motifs is 3. The molecule has 170 valence electrons. The molecule has 2 N–H and O–H groups in total. The Morgan fingerprint density at radius 1 is 1.12 bits per heavy atom. The van der Waals surface area contributed by atoms with Crippen molar-refractivity contribution < 1.29 is 9.59 Å². The lowest BCUT2D eigenvalue weighted by Crippen LogP contribution is -2.30. The zero-order chi connectivity index (χ0) is 22.9. The summed E-state index contributed by atoms with van der Waals surface area (Å²) in [6, 6.07) is 13.2. The van der Waals surface area contributed by atoms with Crippen molar-refractivity contribution in [3.63, 3.8) is 0 Å². The summed E-state index contributed by atoms with van der Waals surface area (Å²) in [5.41, 5.74) is 4.14. The van der Waals surface area contributed by atoms with Crippen molar-refractivity contribution in [1.29, 1.82) is 0 Å². The highest BCUT2D eigenvalue weighted by atomic mass is 32.1. The normalized spacial score (nSPS) is 16.5. The number of hydrogen-bond acceptors (Lipinski definition) is 5. The van der Waals surface area contributed by atoms with Crippen molar-refractivity contribution in [2.75, 3.05) is 33.2 Å². The first kappa shape index (κ1) is 21.6. The standard InChI is InChI=1S/C25H27N5O2S/c1-3-29-11-10-16(14-29)13-27-24(32)19-8-9-21-22(12-19)33-25-28-20(15-30(21)25)17-4-6-18(7-5-17)23(31)26-2/h4-9,12,15-16H,3,10-11,13-14H2,1-2H3,(H,26,31)(H,27,32). The molecule has 1 atom stereocenters. The minimum absolute atomic E-state index is 0.0187. The van der Waals surface area contributed by atoms with Gasteiger partial charge in [-0.15, -0.1) is 0 Å². The number of amides is 2. The van der Waals surface area contributed by atoms with Gasteiger partial charge in [-0.3, -0.25) is 14.0 Å². The first-order chi connectivity index (χ1) is 16.1. The van der Waals surface area contributed by atoms with E-state index in [1.165, 1.54) is 0 Å². The average molecular weight is 462 g/mol. The molecule has 0 aliphatic carbocycles. The summed E-state index contributed by atoms with van der Waals surface area (Å²) in [5, 5.41) is 5.74. The Kier molecular flexibility index (Phi) is 5.86. The SMILES string of the molecule is CCN1CCC(CNC(=O)c2ccc3c(c2)sc2nc(-c4ccc(C(=O)NC)cc4)cn23)C1. The number of rotatable bonds is 6. The Morgan fingerprint density at radius 2 is 1.91 bits per heavy atom. The van der Waals surface area contributed by atoms with E-state index in [1.54, 1.807) is 30.5 Å². The number of nitrogens with one attached hydrogen (secondary N) is 2. The van der Waals surface area contributed by atoms with Crippen molar-refractivity contribution in [3.8, 4) is 11.3 Å². The number of nitrogens with zero attached hydrogens (tertiary/aromatic N) is 3. The zero-order valence-electron chi connectivity index (χ0n) is 18.8.